The Kier molecular flexibility index (Phi) is 6.12. The van der Waals surface area contributed by atoms with Gasteiger partial charge in [-0.05, 0) is 42.0 Å². The standard InChI is InChI=1S/C25H28N2O6/c1-24(15-28,22(30)31)27-21(29)25(11-6-12-25)14-26-23(32)33-13-20-18-9-4-2-7-16(18)17-8-3-5-10-19(17)20/h2-5,7-10,20,28H,6,11-15H2,1H3,(H,26,32)(H,27,29)(H,30,31). The van der Waals surface area contributed by atoms with Crippen LogP contribution < -0.4 is 10.6 Å². The van der Waals surface area contributed by atoms with E-state index in [1.807, 2.05) is 36.4 Å². The zero-order valence-electron chi connectivity index (χ0n) is 18.5. The molecular formula is C25H28N2O6. The number of carboxylic acid groups (broad SMARTS) is 1. The third-order valence-electron chi connectivity index (χ3n) is 6.88. The average Bonchev–Trinajstić information content (AvgIpc) is 3.10. The van der Waals surface area contributed by atoms with Gasteiger partial charge in [0.15, 0.2) is 5.54 Å². The van der Waals surface area contributed by atoms with Gasteiger partial charge in [-0.1, -0.05) is 55.0 Å². The number of fused-ring (bicyclic) bond motifs is 3. The maximum absolute atomic E-state index is 12.8. The van der Waals surface area contributed by atoms with E-state index in [0.717, 1.165) is 28.7 Å². The summed E-state index contributed by atoms with van der Waals surface area (Å²) in [5.41, 5.74) is 1.81. The molecule has 1 fully saturated rings. The van der Waals surface area contributed by atoms with Crippen molar-refractivity contribution in [1.29, 1.82) is 0 Å². The van der Waals surface area contributed by atoms with Crippen LogP contribution in [0.4, 0.5) is 4.79 Å². The van der Waals surface area contributed by atoms with E-state index in [-0.39, 0.29) is 19.1 Å². The first-order valence-electron chi connectivity index (χ1n) is 11.1. The quantitative estimate of drug-likeness (QED) is 0.488. The summed E-state index contributed by atoms with van der Waals surface area (Å²) in [5, 5.41) is 23.8. The summed E-state index contributed by atoms with van der Waals surface area (Å²) in [7, 11) is 0. The molecule has 0 saturated heterocycles. The molecule has 174 valence electrons. The minimum atomic E-state index is -1.77. The number of hydrogen-bond donors (Lipinski definition) is 4. The van der Waals surface area contributed by atoms with Gasteiger partial charge >= 0.3 is 12.1 Å². The monoisotopic (exact) mass is 452 g/mol. The van der Waals surface area contributed by atoms with Gasteiger partial charge in [0, 0.05) is 12.5 Å². The molecule has 4 N–H and O–H groups in total. The highest BCUT2D eigenvalue weighted by atomic mass is 16.5. The van der Waals surface area contributed by atoms with Crippen LogP contribution in [0.3, 0.4) is 0 Å². The molecule has 2 aliphatic carbocycles. The van der Waals surface area contributed by atoms with Crippen LogP contribution in [0, 0.1) is 5.41 Å². The van der Waals surface area contributed by atoms with Crippen molar-refractivity contribution in [2.24, 2.45) is 5.41 Å². The number of alkyl carbamates (subject to hydrolysis) is 1. The van der Waals surface area contributed by atoms with E-state index in [2.05, 4.69) is 22.8 Å². The lowest BCUT2D eigenvalue weighted by Crippen LogP contribution is -2.61. The van der Waals surface area contributed by atoms with Gasteiger partial charge < -0.3 is 25.6 Å². The summed E-state index contributed by atoms with van der Waals surface area (Å²) in [6, 6.07) is 16.1. The van der Waals surface area contributed by atoms with Crippen LogP contribution in [0.5, 0.6) is 0 Å². The molecule has 2 aromatic rings. The zero-order valence-corrected chi connectivity index (χ0v) is 18.5. The number of rotatable bonds is 8. The highest BCUT2D eigenvalue weighted by Crippen LogP contribution is 2.44. The van der Waals surface area contributed by atoms with Crippen molar-refractivity contribution in [3.63, 3.8) is 0 Å². The fraction of sp³-hybridized carbons (Fsp3) is 0.400. The van der Waals surface area contributed by atoms with E-state index in [4.69, 9.17) is 4.74 Å². The number of nitrogens with one attached hydrogen (secondary N) is 2. The molecule has 8 heteroatoms. The minimum absolute atomic E-state index is 0.0383. The number of ether oxygens (including phenoxy) is 1. The van der Waals surface area contributed by atoms with Crippen LogP contribution in [-0.4, -0.2) is 53.5 Å². The lowest BCUT2D eigenvalue weighted by Gasteiger charge is -2.42. The Balaban J connectivity index is 1.37. The second-order valence-corrected chi connectivity index (χ2v) is 9.06. The Morgan fingerprint density at radius 1 is 1.06 bits per heavy atom. The number of aliphatic hydroxyl groups excluding tert-OH is 1. The number of aliphatic hydroxyl groups is 1. The largest absolute Gasteiger partial charge is 0.479 e. The summed E-state index contributed by atoms with van der Waals surface area (Å²) in [5.74, 6) is -1.88. The van der Waals surface area contributed by atoms with Gasteiger partial charge in [-0.25, -0.2) is 9.59 Å². The average molecular weight is 453 g/mol. The molecule has 0 heterocycles. The predicted octanol–water partition coefficient (Wildman–Crippen LogP) is 2.65. The van der Waals surface area contributed by atoms with Crippen molar-refractivity contribution in [3.8, 4) is 11.1 Å². The van der Waals surface area contributed by atoms with E-state index in [9.17, 15) is 24.6 Å². The summed E-state index contributed by atoms with van der Waals surface area (Å²) >= 11 is 0. The second-order valence-electron chi connectivity index (χ2n) is 9.06. The summed E-state index contributed by atoms with van der Waals surface area (Å²) in [6.07, 6.45) is 1.20. The Labute approximate surface area is 192 Å². The molecule has 0 aliphatic heterocycles. The van der Waals surface area contributed by atoms with E-state index >= 15 is 0 Å². The van der Waals surface area contributed by atoms with Crippen LogP contribution in [0.1, 0.15) is 43.2 Å². The molecule has 1 atom stereocenters. The minimum Gasteiger partial charge on any atom is -0.479 e. The lowest BCUT2D eigenvalue weighted by molar-refractivity contribution is -0.152. The Bertz CT molecular complexity index is 1030. The molecule has 4 rings (SSSR count). The van der Waals surface area contributed by atoms with Gasteiger partial charge in [0.1, 0.15) is 6.61 Å². The molecule has 2 amide bonds. The first-order chi connectivity index (χ1) is 15.8. The second kappa shape index (κ2) is 8.86. The third-order valence-corrected chi connectivity index (χ3v) is 6.88. The first-order valence-corrected chi connectivity index (χ1v) is 11.1. The maximum Gasteiger partial charge on any atom is 0.407 e. The molecule has 2 aliphatic rings. The number of amides is 2. The number of aliphatic carboxylic acids is 1. The van der Waals surface area contributed by atoms with Gasteiger partial charge in [0.25, 0.3) is 0 Å². The number of carbonyl (C=O) groups excluding carboxylic acids is 2. The van der Waals surface area contributed by atoms with E-state index in [0.29, 0.717) is 12.8 Å². The summed E-state index contributed by atoms with van der Waals surface area (Å²) in [4.78, 5) is 36.7. The Morgan fingerprint density at radius 3 is 2.12 bits per heavy atom. The molecular weight excluding hydrogens is 424 g/mol. The van der Waals surface area contributed by atoms with Crippen LogP contribution in [0.2, 0.25) is 0 Å². The molecule has 2 aromatic carbocycles. The highest BCUT2D eigenvalue weighted by molar-refractivity contribution is 5.90. The summed E-state index contributed by atoms with van der Waals surface area (Å²) < 4.78 is 5.53. The number of benzene rings is 2. The Hall–Kier alpha value is -3.39. The SMILES string of the molecule is CC(CO)(NC(=O)C1(CNC(=O)OCC2c3ccccc3-c3ccccc32)CCC1)C(=O)O. The molecule has 1 unspecified atom stereocenters. The predicted molar refractivity (Wildman–Crippen MR) is 121 cm³/mol. The molecule has 0 aromatic heterocycles. The molecule has 8 nitrogen and oxygen atoms in total. The number of carboxylic acids is 1. The van der Waals surface area contributed by atoms with Gasteiger partial charge in [-0.2, -0.15) is 0 Å². The van der Waals surface area contributed by atoms with Crippen molar-refractivity contribution in [2.75, 3.05) is 19.8 Å². The third kappa shape index (κ3) is 4.18. The van der Waals surface area contributed by atoms with E-state index in [1.165, 1.54) is 6.92 Å². The van der Waals surface area contributed by atoms with Crippen LogP contribution in [0.15, 0.2) is 48.5 Å². The van der Waals surface area contributed by atoms with Crippen LogP contribution in [0.25, 0.3) is 11.1 Å². The van der Waals surface area contributed by atoms with Gasteiger partial charge in [-0.3, -0.25) is 4.79 Å². The topological polar surface area (TPSA) is 125 Å². The fourth-order valence-corrected chi connectivity index (χ4v) is 4.52. The van der Waals surface area contributed by atoms with Crippen molar-refractivity contribution in [3.05, 3.63) is 59.7 Å². The molecule has 0 radical (unpaired) electrons. The molecule has 33 heavy (non-hydrogen) atoms. The van der Waals surface area contributed by atoms with Crippen molar-refractivity contribution >= 4 is 18.0 Å². The summed E-state index contributed by atoms with van der Waals surface area (Å²) in [6.45, 7) is 0.722. The first kappa shape index (κ1) is 22.8. The molecule has 0 spiro atoms. The van der Waals surface area contributed by atoms with Crippen molar-refractivity contribution < 1.29 is 29.3 Å². The van der Waals surface area contributed by atoms with Crippen LogP contribution >= 0.6 is 0 Å². The Morgan fingerprint density at radius 2 is 1.64 bits per heavy atom. The van der Waals surface area contributed by atoms with E-state index < -0.39 is 35.5 Å². The van der Waals surface area contributed by atoms with Crippen LogP contribution in [-0.2, 0) is 14.3 Å². The maximum atomic E-state index is 12.8. The lowest BCUT2D eigenvalue weighted by atomic mass is 9.67. The molecule has 1 saturated carbocycles. The van der Waals surface area contributed by atoms with Gasteiger partial charge in [-0.15, -0.1) is 0 Å². The van der Waals surface area contributed by atoms with Crippen molar-refractivity contribution in [1.82, 2.24) is 10.6 Å². The number of hydrogen-bond acceptors (Lipinski definition) is 5. The normalized spacial score (nSPS) is 17.6. The fourth-order valence-electron chi connectivity index (χ4n) is 4.52. The smallest absolute Gasteiger partial charge is 0.407 e. The van der Waals surface area contributed by atoms with Gasteiger partial charge in [0.2, 0.25) is 5.91 Å². The van der Waals surface area contributed by atoms with Gasteiger partial charge in [0.05, 0.1) is 12.0 Å². The zero-order chi connectivity index (χ0) is 23.6. The molecule has 0 bridgehead atoms. The highest BCUT2D eigenvalue weighted by Gasteiger charge is 2.48. The van der Waals surface area contributed by atoms with Crippen molar-refractivity contribution in [2.45, 2.75) is 37.6 Å². The van der Waals surface area contributed by atoms with E-state index in [1.54, 1.807) is 0 Å². The number of carbonyl (C=O) groups is 3.